The highest BCUT2D eigenvalue weighted by molar-refractivity contribution is 5.91. The molecule has 8 heteroatoms. The van der Waals surface area contributed by atoms with Gasteiger partial charge >= 0.3 is 0 Å². The smallest absolute Gasteiger partial charge is 0.292 e. The minimum atomic E-state index is -0.101. The van der Waals surface area contributed by atoms with Gasteiger partial charge in [0.1, 0.15) is 6.61 Å². The van der Waals surface area contributed by atoms with Gasteiger partial charge in [-0.05, 0) is 31.6 Å². The molecule has 0 unspecified atom stereocenters. The summed E-state index contributed by atoms with van der Waals surface area (Å²) in [5.74, 6) is 2.93. The zero-order valence-electron chi connectivity index (χ0n) is 13.9. The fraction of sp³-hybridized carbons (Fsp3) is 0.625. The molecule has 2 aliphatic rings. The van der Waals surface area contributed by atoms with Crippen molar-refractivity contribution in [2.75, 3.05) is 20.2 Å². The second-order valence-corrected chi connectivity index (χ2v) is 6.72. The number of aromatic nitrogens is 4. The Morgan fingerprint density at radius 1 is 1.46 bits per heavy atom. The molecule has 1 aliphatic carbocycles. The van der Waals surface area contributed by atoms with Crippen LogP contribution in [0.5, 0.6) is 0 Å². The van der Waals surface area contributed by atoms with Crippen LogP contribution >= 0.6 is 0 Å². The lowest BCUT2D eigenvalue weighted by Gasteiger charge is -2.14. The number of carbonyl (C=O) groups excluding carboxylic acids is 1. The molecular formula is C16H21N5O3. The number of H-pyrrole nitrogens is 1. The monoisotopic (exact) mass is 331 g/mol. The number of rotatable bonds is 5. The van der Waals surface area contributed by atoms with Crippen molar-refractivity contribution in [3.63, 3.8) is 0 Å². The predicted molar refractivity (Wildman–Crippen MR) is 83.2 cm³/mol. The molecule has 1 aliphatic heterocycles. The first kappa shape index (κ1) is 15.3. The van der Waals surface area contributed by atoms with Gasteiger partial charge in [0.15, 0.2) is 11.6 Å². The topological polar surface area (TPSA) is 97.1 Å². The zero-order chi connectivity index (χ0) is 16.7. The normalized spacial score (nSPS) is 23.8. The molecular weight excluding hydrogens is 310 g/mol. The molecule has 1 saturated heterocycles. The maximum Gasteiger partial charge on any atom is 0.292 e. The molecule has 0 aromatic carbocycles. The lowest BCUT2D eigenvalue weighted by Crippen LogP contribution is -2.28. The lowest BCUT2D eigenvalue weighted by molar-refractivity contribution is 0.0743. The first-order valence-corrected chi connectivity index (χ1v) is 8.28. The van der Waals surface area contributed by atoms with E-state index in [1.54, 1.807) is 13.2 Å². The average molecular weight is 331 g/mol. The standard InChI is InChI=1S/C16H21N5O3/c1-9-5-13(24-20-9)16(22)21-6-11(10-3-4-10)12(7-21)15-17-14(8-23-2)18-19-15/h5,10-12H,3-4,6-8H2,1-2H3,(H,17,18,19)/t11-,12+/m1/s1. The van der Waals surface area contributed by atoms with Gasteiger partial charge in [0.05, 0.1) is 5.69 Å². The van der Waals surface area contributed by atoms with Crippen LogP contribution in [0, 0.1) is 18.8 Å². The molecule has 1 N–H and O–H groups in total. The van der Waals surface area contributed by atoms with Crippen molar-refractivity contribution in [2.45, 2.75) is 32.3 Å². The average Bonchev–Trinajstić information content (AvgIpc) is 2.99. The number of aryl methyl sites for hydroxylation is 1. The minimum Gasteiger partial charge on any atom is -0.377 e. The zero-order valence-corrected chi connectivity index (χ0v) is 13.9. The first-order chi connectivity index (χ1) is 11.7. The van der Waals surface area contributed by atoms with Crippen LogP contribution in [0.25, 0.3) is 0 Å². The molecule has 0 radical (unpaired) electrons. The number of aromatic amines is 1. The maximum atomic E-state index is 12.7. The quantitative estimate of drug-likeness (QED) is 0.892. The molecule has 2 fully saturated rings. The maximum absolute atomic E-state index is 12.7. The van der Waals surface area contributed by atoms with Gasteiger partial charge in [0.2, 0.25) is 5.76 Å². The van der Waals surface area contributed by atoms with Crippen molar-refractivity contribution in [3.05, 3.63) is 29.2 Å². The Hall–Kier alpha value is -2.22. The van der Waals surface area contributed by atoms with Crippen molar-refractivity contribution >= 4 is 5.91 Å². The third kappa shape index (κ3) is 2.82. The highest BCUT2D eigenvalue weighted by Crippen LogP contribution is 2.47. The van der Waals surface area contributed by atoms with E-state index in [-0.39, 0.29) is 11.8 Å². The summed E-state index contributed by atoms with van der Waals surface area (Å²) in [5, 5.41) is 11.1. The van der Waals surface area contributed by atoms with E-state index in [0.717, 1.165) is 18.2 Å². The number of carbonyl (C=O) groups is 1. The van der Waals surface area contributed by atoms with Crippen LogP contribution in [0.3, 0.4) is 0 Å². The van der Waals surface area contributed by atoms with Crippen LogP contribution < -0.4 is 0 Å². The van der Waals surface area contributed by atoms with Gasteiger partial charge in [-0.2, -0.15) is 5.10 Å². The molecule has 0 spiro atoms. The molecule has 24 heavy (non-hydrogen) atoms. The van der Waals surface area contributed by atoms with E-state index in [2.05, 4.69) is 20.3 Å². The fourth-order valence-corrected chi connectivity index (χ4v) is 3.57. The molecule has 1 amide bonds. The van der Waals surface area contributed by atoms with Crippen LogP contribution in [0.2, 0.25) is 0 Å². The van der Waals surface area contributed by atoms with Crippen LogP contribution in [-0.4, -0.2) is 51.3 Å². The number of hydrogen-bond acceptors (Lipinski definition) is 6. The van der Waals surface area contributed by atoms with Gasteiger partial charge in [0.25, 0.3) is 5.91 Å². The number of nitrogens with zero attached hydrogens (tertiary/aromatic N) is 4. The fourth-order valence-electron chi connectivity index (χ4n) is 3.57. The summed E-state index contributed by atoms with van der Waals surface area (Å²) in [6.45, 7) is 3.56. The summed E-state index contributed by atoms with van der Waals surface area (Å²) in [7, 11) is 1.63. The molecule has 2 atom stereocenters. The lowest BCUT2D eigenvalue weighted by atomic mass is 9.91. The molecule has 1 saturated carbocycles. The summed E-state index contributed by atoms with van der Waals surface area (Å²) in [6, 6.07) is 1.69. The summed E-state index contributed by atoms with van der Waals surface area (Å²) in [4.78, 5) is 19.1. The predicted octanol–water partition coefficient (Wildman–Crippen LogP) is 1.51. The van der Waals surface area contributed by atoms with Crippen LogP contribution in [-0.2, 0) is 11.3 Å². The van der Waals surface area contributed by atoms with E-state index >= 15 is 0 Å². The number of amides is 1. The summed E-state index contributed by atoms with van der Waals surface area (Å²) in [6.07, 6.45) is 2.44. The van der Waals surface area contributed by atoms with Crippen LogP contribution in [0.4, 0.5) is 0 Å². The number of ether oxygens (including phenoxy) is 1. The van der Waals surface area contributed by atoms with E-state index in [9.17, 15) is 4.79 Å². The van der Waals surface area contributed by atoms with E-state index < -0.39 is 0 Å². The number of likely N-dealkylation sites (tertiary alicyclic amines) is 1. The van der Waals surface area contributed by atoms with Gasteiger partial charge < -0.3 is 14.2 Å². The Bertz CT molecular complexity index is 736. The van der Waals surface area contributed by atoms with Crippen molar-refractivity contribution < 1.29 is 14.1 Å². The van der Waals surface area contributed by atoms with Gasteiger partial charge in [-0.1, -0.05) is 5.16 Å². The van der Waals surface area contributed by atoms with Crippen LogP contribution in [0.15, 0.2) is 10.6 Å². The second-order valence-electron chi connectivity index (χ2n) is 6.72. The first-order valence-electron chi connectivity index (χ1n) is 8.28. The SMILES string of the molecule is COCc1nc([C@H]2CN(C(=O)c3cc(C)no3)C[C@@H]2C2CC2)n[nH]1. The summed E-state index contributed by atoms with van der Waals surface area (Å²) < 4.78 is 10.2. The third-order valence-electron chi connectivity index (χ3n) is 4.88. The second kappa shape index (κ2) is 6.01. The van der Waals surface area contributed by atoms with Crippen LogP contribution in [0.1, 0.15) is 46.7 Å². The number of hydrogen-bond donors (Lipinski definition) is 1. The van der Waals surface area contributed by atoms with Crippen molar-refractivity contribution in [1.29, 1.82) is 0 Å². The van der Waals surface area contributed by atoms with E-state index in [4.69, 9.17) is 9.26 Å². The third-order valence-corrected chi connectivity index (χ3v) is 4.88. The Morgan fingerprint density at radius 3 is 2.96 bits per heavy atom. The minimum absolute atomic E-state index is 0.101. The molecule has 3 heterocycles. The molecule has 2 aromatic rings. The Balaban J connectivity index is 1.54. The summed E-state index contributed by atoms with van der Waals surface area (Å²) >= 11 is 0. The molecule has 128 valence electrons. The van der Waals surface area contributed by atoms with Gasteiger partial charge in [0, 0.05) is 32.2 Å². The molecule has 8 nitrogen and oxygen atoms in total. The summed E-state index contributed by atoms with van der Waals surface area (Å²) in [5.41, 5.74) is 0.714. The largest absolute Gasteiger partial charge is 0.377 e. The van der Waals surface area contributed by atoms with E-state index in [1.807, 2.05) is 11.8 Å². The van der Waals surface area contributed by atoms with E-state index in [0.29, 0.717) is 36.4 Å². The number of methoxy groups -OCH3 is 1. The van der Waals surface area contributed by atoms with Crippen molar-refractivity contribution in [1.82, 2.24) is 25.2 Å². The number of nitrogens with one attached hydrogen (secondary N) is 1. The van der Waals surface area contributed by atoms with Crippen molar-refractivity contribution in [3.8, 4) is 0 Å². The van der Waals surface area contributed by atoms with Gasteiger partial charge in [-0.15, -0.1) is 0 Å². The molecule has 2 aromatic heterocycles. The molecule has 4 rings (SSSR count). The highest BCUT2D eigenvalue weighted by atomic mass is 16.5. The Kier molecular flexibility index (Phi) is 3.84. The molecule has 0 bridgehead atoms. The van der Waals surface area contributed by atoms with E-state index in [1.165, 1.54) is 12.8 Å². The Morgan fingerprint density at radius 2 is 2.29 bits per heavy atom. The highest BCUT2D eigenvalue weighted by Gasteiger charge is 2.46. The van der Waals surface area contributed by atoms with Gasteiger partial charge in [-0.25, -0.2) is 4.98 Å². The van der Waals surface area contributed by atoms with Crippen molar-refractivity contribution in [2.24, 2.45) is 11.8 Å². The Labute approximate surface area is 139 Å². The van der Waals surface area contributed by atoms with Gasteiger partial charge in [-0.3, -0.25) is 9.89 Å².